The molecule has 6 heteroatoms. The Kier molecular flexibility index (Phi) is 3.75. The fourth-order valence-electron chi connectivity index (χ4n) is 2.02. The summed E-state index contributed by atoms with van der Waals surface area (Å²) in [6, 6.07) is 2.90. The summed E-state index contributed by atoms with van der Waals surface area (Å²) in [5, 5.41) is 0. The first-order chi connectivity index (χ1) is 8.49. The van der Waals surface area contributed by atoms with Crippen molar-refractivity contribution in [1.82, 2.24) is 4.90 Å². The first-order valence-corrected chi connectivity index (χ1v) is 6.52. The lowest BCUT2D eigenvalue weighted by atomic mass is 10.2. The summed E-state index contributed by atoms with van der Waals surface area (Å²) in [6.07, 6.45) is 0.872. The molecule has 1 saturated heterocycles. The van der Waals surface area contributed by atoms with E-state index in [1.807, 2.05) is 4.90 Å². The second-order valence-corrected chi connectivity index (χ2v) is 5.27. The van der Waals surface area contributed by atoms with Crippen LogP contribution in [-0.4, -0.2) is 37.5 Å². The Balaban J connectivity index is 2.30. The van der Waals surface area contributed by atoms with E-state index in [-0.39, 0.29) is 12.5 Å². The minimum absolute atomic E-state index is 0.0485. The Morgan fingerprint density at radius 1 is 1.39 bits per heavy atom. The Hall–Kier alpha value is -1.30. The summed E-state index contributed by atoms with van der Waals surface area (Å²) >= 11 is 3.14. The van der Waals surface area contributed by atoms with Gasteiger partial charge in [0.2, 0.25) is 5.91 Å². The number of likely N-dealkylation sites (N-methyl/N-ethyl adjacent to an activating group) is 1. The number of anilines is 2. The van der Waals surface area contributed by atoms with Crippen molar-refractivity contribution in [3.63, 3.8) is 0 Å². The zero-order valence-electron chi connectivity index (χ0n) is 10.1. The maximum atomic E-state index is 13.3. The number of carbonyl (C=O) groups excluding carboxylic acids is 1. The maximum Gasteiger partial charge on any atom is 0.241 e. The van der Waals surface area contributed by atoms with Crippen molar-refractivity contribution in [3.05, 3.63) is 22.4 Å². The predicted octanol–water partition coefficient (Wildman–Crippen LogP) is 1.84. The van der Waals surface area contributed by atoms with Crippen molar-refractivity contribution < 1.29 is 9.18 Å². The molecule has 1 aliphatic heterocycles. The van der Waals surface area contributed by atoms with Crippen LogP contribution in [0.1, 0.15) is 6.42 Å². The number of nitrogens with two attached hydrogens (primary N) is 1. The number of halogens is 2. The fourth-order valence-corrected chi connectivity index (χ4v) is 2.35. The van der Waals surface area contributed by atoms with Gasteiger partial charge in [0, 0.05) is 26.2 Å². The van der Waals surface area contributed by atoms with Crippen molar-refractivity contribution >= 4 is 33.2 Å². The van der Waals surface area contributed by atoms with Crippen molar-refractivity contribution in [3.8, 4) is 0 Å². The normalized spacial score (nSPS) is 16.9. The van der Waals surface area contributed by atoms with Gasteiger partial charge in [0.15, 0.2) is 0 Å². The fraction of sp³-hybridized carbons (Fsp3) is 0.417. The van der Waals surface area contributed by atoms with Gasteiger partial charge in [-0.1, -0.05) is 0 Å². The number of hydrogen-bond acceptors (Lipinski definition) is 3. The lowest BCUT2D eigenvalue weighted by Gasteiger charge is -2.23. The molecule has 1 aromatic rings. The molecule has 1 heterocycles. The SMILES string of the molecule is CN1CCCN(c2cc(Br)c(F)cc2N)CC1=O. The van der Waals surface area contributed by atoms with Crippen LogP contribution in [0.2, 0.25) is 0 Å². The van der Waals surface area contributed by atoms with E-state index in [1.165, 1.54) is 6.07 Å². The zero-order chi connectivity index (χ0) is 13.3. The van der Waals surface area contributed by atoms with Crippen LogP contribution in [0.3, 0.4) is 0 Å². The van der Waals surface area contributed by atoms with Crippen LogP contribution in [0, 0.1) is 5.82 Å². The monoisotopic (exact) mass is 315 g/mol. The minimum Gasteiger partial charge on any atom is -0.397 e. The van der Waals surface area contributed by atoms with Gasteiger partial charge in [-0.15, -0.1) is 0 Å². The summed E-state index contributed by atoms with van der Waals surface area (Å²) in [4.78, 5) is 15.4. The molecule has 0 unspecified atom stereocenters. The molecular weight excluding hydrogens is 301 g/mol. The van der Waals surface area contributed by atoms with Gasteiger partial charge in [-0.3, -0.25) is 4.79 Å². The third-order valence-electron chi connectivity index (χ3n) is 3.08. The molecule has 1 fully saturated rings. The van der Waals surface area contributed by atoms with Crippen molar-refractivity contribution in [2.75, 3.05) is 37.3 Å². The van der Waals surface area contributed by atoms with Crippen molar-refractivity contribution in [1.29, 1.82) is 0 Å². The first-order valence-electron chi connectivity index (χ1n) is 5.72. The molecule has 2 rings (SSSR count). The van der Waals surface area contributed by atoms with Gasteiger partial charge in [0.1, 0.15) is 5.82 Å². The summed E-state index contributed by atoms with van der Waals surface area (Å²) in [7, 11) is 1.79. The molecule has 0 bridgehead atoms. The van der Waals surface area contributed by atoms with E-state index in [2.05, 4.69) is 15.9 Å². The average Bonchev–Trinajstić information content (AvgIpc) is 2.47. The van der Waals surface area contributed by atoms with E-state index in [0.29, 0.717) is 15.8 Å². The van der Waals surface area contributed by atoms with Gasteiger partial charge < -0.3 is 15.5 Å². The molecule has 18 heavy (non-hydrogen) atoms. The van der Waals surface area contributed by atoms with Gasteiger partial charge in [-0.25, -0.2) is 4.39 Å². The zero-order valence-corrected chi connectivity index (χ0v) is 11.7. The Bertz CT molecular complexity index is 481. The van der Waals surface area contributed by atoms with E-state index in [1.54, 1.807) is 18.0 Å². The van der Waals surface area contributed by atoms with Gasteiger partial charge in [-0.05, 0) is 28.4 Å². The minimum atomic E-state index is -0.394. The maximum absolute atomic E-state index is 13.3. The third kappa shape index (κ3) is 2.58. The standard InChI is InChI=1S/C12H15BrFN3O/c1-16-3-2-4-17(7-12(16)18)11-5-8(13)9(14)6-10(11)15/h5-6H,2-4,7,15H2,1H3. The first kappa shape index (κ1) is 13.1. The number of nitrogens with zero attached hydrogens (tertiary/aromatic N) is 2. The molecular formula is C12H15BrFN3O. The molecule has 1 aliphatic rings. The second-order valence-electron chi connectivity index (χ2n) is 4.42. The van der Waals surface area contributed by atoms with E-state index in [4.69, 9.17) is 5.73 Å². The highest BCUT2D eigenvalue weighted by atomic mass is 79.9. The quantitative estimate of drug-likeness (QED) is 0.804. The summed E-state index contributed by atoms with van der Waals surface area (Å²) in [5.41, 5.74) is 6.88. The number of carbonyl (C=O) groups is 1. The van der Waals surface area contributed by atoms with E-state index in [9.17, 15) is 9.18 Å². The Morgan fingerprint density at radius 2 is 2.11 bits per heavy atom. The molecule has 0 saturated carbocycles. The van der Waals surface area contributed by atoms with Crippen LogP contribution >= 0.6 is 15.9 Å². The number of rotatable bonds is 1. The number of hydrogen-bond donors (Lipinski definition) is 1. The molecule has 4 nitrogen and oxygen atoms in total. The van der Waals surface area contributed by atoms with E-state index < -0.39 is 5.82 Å². The lowest BCUT2D eigenvalue weighted by Crippen LogP contribution is -2.34. The number of amides is 1. The van der Waals surface area contributed by atoms with Crippen LogP contribution in [0.25, 0.3) is 0 Å². The largest absolute Gasteiger partial charge is 0.397 e. The molecule has 1 amide bonds. The van der Waals surface area contributed by atoms with Crippen LogP contribution in [0.4, 0.5) is 15.8 Å². The average molecular weight is 316 g/mol. The van der Waals surface area contributed by atoms with Gasteiger partial charge >= 0.3 is 0 Å². The highest BCUT2D eigenvalue weighted by Crippen LogP contribution is 2.30. The second kappa shape index (κ2) is 5.14. The molecule has 0 spiro atoms. The van der Waals surface area contributed by atoms with Crippen LogP contribution in [0.5, 0.6) is 0 Å². The summed E-state index contributed by atoms with van der Waals surface area (Å²) in [5.74, 6) is -0.345. The predicted molar refractivity (Wildman–Crippen MR) is 73.0 cm³/mol. The molecule has 0 radical (unpaired) electrons. The molecule has 0 aliphatic carbocycles. The van der Waals surface area contributed by atoms with Crippen LogP contribution in [-0.2, 0) is 4.79 Å². The smallest absolute Gasteiger partial charge is 0.241 e. The molecule has 2 N–H and O–H groups in total. The highest BCUT2D eigenvalue weighted by molar-refractivity contribution is 9.10. The van der Waals surface area contributed by atoms with Crippen molar-refractivity contribution in [2.24, 2.45) is 0 Å². The third-order valence-corrected chi connectivity index (χ3v) is 3.69. The summed E-state index contributed by atoms with van der Waals surface area (Å²) in [6.45, 7) is 1.74. The van der Waals surface area contributed by atoms with Gasteiger partial charge in [0.25, 0.3) is 0 Å². The Labute approximate surface area is 114 Å². The molecule has 0 aromatic heterocycles. The highest BCUT2D eigenvalue weighted by Gasteiger charge is 2.21. The van der Waals surface area contributed by atoms with E-state index >= 15 is 0 Å². The van der Waals surface area contributed by atoms with Crippen molar-refractivity contribution in [2.45, 2.75) is 6.42 Å². The number of benzene rings is 1. The van der Waals surface area contributed by atoms with Crippen LogP contribution < -0.4 is 10.6 Å². The Morgan fingerprint density at radius 3 is 2.83 bits per heavy atom. The molecule has 1 aromatic carbocycles. The van der Waals surface area contributed by atoms with Gasteiger partial charge in [0.05, 0.1) is 22.4 Å². The van der Waals surface area contributed by atoms with Gasteiger partial charge in [-0.2, -0.15) is 0 Å². The van der Waals surface area contributed by atoms with E-state index in [0.717, 1.165) is 19.5 Å². The number of nitrogen functional groups attached to an aromatic ring is 1. The van der Waals surface area contributed by atoms with Crippen LogP contribution in [0.15, 0.2) is 16.6 Å². The molecule has 98 valence electrons. The topological polar surface area (TPSA) is 49.6 Å². The summed E-state index contributed by atoms with van der Waals surface area (Å²) < 4.78 is 13.7. The lowest BCUT2D eigenvalue weighted by molar-refractivity contribution is -0.127. The molecule has 0 atom stereocenters.